The van der Waals surface area contributed by atoms with Crippen molar-refractivity contribution in [2.75, 3.05) is 13.1 Å². The standard InChI is InChI=1S/C19H19FN6O2/c20-14-3-1-13(2-4-14)9-17(27)25-8-6-19(11-25)12-26-16(10-28-19)23-24-18(26)15-5-7-21-22-15/h1-5,7H,6,8-12H2,(H,21,22). The van der Waals surface area contributed by atoms with Gasteiger partial charge in [0, 0.05) is 12.7 Å². The Kier molecular flexibility index (Phi) is 3.97. The number of nitrogens with one attached hydrogen (secondary N) is 1. The van der Waals surface area contributed by atoms with Crippen LogP contribution < -0.4 is 0 Å². The molecule has 1 aromatic carbocycles. The number of H-pyrrole nitrogens is 1. The molecule has 0 radical (unpaired) electrons. The van der Waals surface area contributed by atoms with E-state index < -0.39 is 5.60 Å². The predicted octanol–water partition coefficient (Wildman–Crippen LogP) is 1.55. The van der Waals surface area contributed by atoms with Gasteiger partial charge in [0.05, 0.1) is 19.5 Å². The molecule has 3 aromatic rings. The largest absolute Gasteiger partial charge is 0.363 e. The zero-order valence-electron chi connectivity index (χ0n) is 15.1. The second kappa shape index (κ2) is 6.52. The summed E-state index contributed by atoms with van der Waals surface area (Å²) in [5.41, 5.74) is 1.17. The molecule has 2 aliphatic rings. The molecule has 0 bridgehead atoms. The Morgan fingerprint density at radius 3 is 2.86 bits per heavy atom. The van der Waals surface area contributed by atoms with Crippen LogP contribution in [0.4, 0.5) is 4.39 Å². The van der Waals surface area contributed by atoms with Crippen LogP contribution >= 0.6 is 0 Å². The normalized spacial score (nSPS) is 21.2. The fraction of sp³-hybridized carbons (Fsp3) is 0.368. The van der Waals surface area contributed by atoms with Crippen molar-refractivity contribution in [3.8, 4) is 11.5 Å². The van der Waals surface area contributed by atoms with Crippen molar-refractivity contribution in [1.29, 1.82) is 0 Å². The van der Waals surface area contributed by atoms with Gasteiger partial charge in [-0.25, -0.2) is 4.39 Å². The van der Waals surface area contributed by atoms with Crippen LogP contribution in [-0.2, 0) is 29.1 Å². The van der Waals surface area contributed by atoms with Gasteiger partial charge < -0.3 is 14.2 Å². The molecule has 2 aliphatic heterocycles. The van der Waals surface area contributed by atoms with Gasteiger partial charge in [0.1, 0.15) is 23.7 Å². The number of fused-ring (bicyclic) bond motifs is 1. The molecule has 1 fully saturated rings. The second-order valence-electron chi connectivity index (χ2n) is 7.34. The number of carbonyl (C=O) groups excluding carboxylic acids is 1. The number of nitrogens with zero attached hydrogens (tertiary/aromatic N) is 5. The molecule has 0 aliphatic carbocycles. The number of halogens is 1. The van der Waals surface area contributed by atoms with Crippen molar-refractivity contribution in [2.24, 2.45) is 0 Å². The lowest BCUT2D eigenvalue weighted by Gasteiger charge is -2.34. The average molecular weight is 382 g/mol. The Bertz CT molecular complexity index is 1000. The van der Waals surface area contributed by atoms with E-state index in [0.717, 1.165) is 29.3 Å². The molecule has 1 saturated heterocycles. The number of hydrogen-bond donors (Lipinski definition) is 1. The van der Waals surface area contributed by atoms with Gasteiger partial charge in [-0.2, -0.15) is 5.10 Å². The topological polar surface area (TPSA) is 88.9 Å². The second-order valence-corrected chi connectivity index (χ2v) is 7.34. The summed E-state index contributed by atoms with van der Waals surface area (Å²) >= 11 is 0. The van der Waals surface area contributed by atoms with Gasteiger partial charge in [-0.1, -0.05) is 12.1 Å². The molecule has 144 valence electrons. The number of ether oxygens (including phenoxy) is 1. The molecular formula is C19H19FN6O2. The van der Waals surface area contributed by atoms with Gasteiger partial charge in [0.2, 0.25) is 5.91 Å². The summed E-state index contributed by atoms with van der Waals surface area (Å²) in [4.78, 5) is 14.5. The molecule has 1 amide bonds. The first-order valence-electron chi connectivity index (χ1n) is 9.20. The quantitative estimate of drug-likeness (QED) is 0.743. The van der Waals surface area contributed by atoms with E-state index in [1.807, 2.05) is 15.5 Å². The highest BCUT2D eigenvalue weighted by Gasteiger charge is 2.44. The van der Waals surface area contributed by atoms with E-state index >= 15 is 0 Å². The molecule has 5 rings (SSSR count). The van der Waals surface area contributed by atoms with E-state index in [1.54, 1.807) is 18.3 Å². The third kappa shape index (κ3) is 2.97. The Labute approximate surface area is 160 Å². The zero-order chi connectivity index (χ0) is 19.1. The minimum Gasteiger partial charge on any atom is -0.363 e. The van der Waals surface area contributed by atoms with E-state index in [0.29, 0.717) is 26.2 Å². The fourth-order valence-electron chi connectivity index (χ4n) is 3.93. The van der Waals surface area contributed by atoms with Gasteiger partial charge in [0.15, 0.2) is 11.6 Å². The summed E-state index contributed by atoms with van der Waals surface area (Å²) in [5.74, 6) is 1.22. The highest BCUT2D eigenvalue weighted by molar-refractivity contribution is 5.79. The molecule has 0 saturated carbocycles. The summed E-state index contributed by atoms with van der Waals surface area (Å²) in [6.45, 7) is 2.11. The molecule has 4 heterocycles. The maximum atomic E-state index is 13.1. The Morgan fingerprint density at radius 1 is 1.21 bits per heavy atom. The monoisotopic (exact) mass is 382 g/mol. The molecule has 9 heteroatoms. The maximum Gasteiger partial charge on any atom is 0.227 e. The van der Waals surface area contributed by atoms with Crippen molar-refractivity contribution < 1.29 is 13.9 Å². The van der Waals surface area contributed by atoms with Crippen molar-refractivity contribution in [3.63, 3.8) is 0 Å². The van der Waals surface area contributed by atoms with Crippen molar-refractivity contribution in [1.82, 2.24) is 29.9 Å². The predicted molar refractivity (Wildman–Crippen MR) is 96.4 cm³/mol. The Hall–Kier alpha value is -3.07. The number of hydrogen-bond acceptors (Lipinski definition) is 5. The van der Waals surface area contributed by atoms with Crippen molar-refractivity contribution in [3.05, 3.63) is 53.7 Å². The molecule has 8 nitrogen and oxygen atoms in total. The Balaban J connectivity index is 1.31. The number of aromatic amines is 1. The smallest absolute Gasteiger partial charge is 0.227 e. The fourth-order valence-corrected chi connectivity index (χ4v) is 3.93. The molecule has 1 spiro atoms. The number of rotatable bonds is 3. The number of benzene rings is 1. The van der Waals surface area contributed by atoms with E-state index in [1.165, 1.54) is 12.1 Å². The third-order valence-electron chi connectivity index (χ3n) is 5.46. The van der Waals surface area contributed by atoms with E-state index in [-0.39, 0.29) is 18.1 Å². The zero-order valence-corrected chi connectivity index (χ0v) is 15.1. The van der Waals surface area contributed by atoms with Gasteiger partial charge in [-0.05, 0) is 30.2 Å². The maximum absolute atomic E-state index is 13.1. The number of carbonyl (C=O) groups is 1. The summed E-state index contributed by atoms with van der Waals surface area (Å²) in [6, 6.07) is 7.91. The van der Waals surface area contributed by atoms with Crippen molar-refractivity contribution in [2.45, 2.75) is 31.6 Å². The number of aromatic nitrogens is 5. The van der Waals surface area contributed by atoms with Gasteiger partial charge in [0.25, 0.3) is 0 Å². The highest BCUT2D eigenvalue weighted by Crippen LogP contribution is 2.34. The summed E-state index contributed by atoms with van der Waals surface area (Å²) in [6.07, 6.45) is 2.69. The molecule has 1 N–H and O–H groups in total. The number of likely N-dealkylation sites (tertiary alicyclic amines) is 1. The van der Waals surface area contributed by atoms with Gasteiger partial charge >= 0.3 is 0 Å². The first-order chi connectivity index (χ1) is 13.6. The molecular weight excluding hydrogens is 363 g/mol. The molecule has 2 aromatic heterocycles. The first-order valence-corrected chi connectivity index (χ1v) is 9.20. The van der Waals surface area contributed by atoms with Gasteiger partial charge in [-0.3, -0.25) is 9.89 Å². The van der Waals surface area contributed by atoms with Crippen LogP contribution in [0.3, 0.4) is 0 Å². The number of amides is 1. The van der Waals surface area contributed by atoms with Crippen LogP contribution in [0.2, 0.25) is 0 Å². The lowest BCUT2D eigenvalue weighted by molar-refractivity contribution is -0.132. The van der Waals surface area contributed by atoms with Crippen LogP contribution in [-0.4, -0.2) is 54.5 Å². The summed E-state index contributed by atoms with van der Waals surface area (Å²) in [5, 5.41) is 15.4. The lowest BCUT2D eigenvalue weighted by Crippen LogP contribution is -2.45. The summed E-state index contributed by atoms with van der Waals surface area (Å²) in [7, 11) is 0. The van der Waals surface area contributed by atoms with Crippen molar-refractivity contribution >= 4 is 5.91 Å². The van der Waals surface area contributed by atoms with Gasteiger partial charge in [-0.15, -0.1) is 10.2 Å². The lowest BCUT2D eigenvalue weighted by atomic mass is 10.0. The molecule has 1 atom stereocenters. The van der Waals surface area contributed by atoms with Crippen LogP contribution in [0.15, 0.2) is 36.5 Å². The Morgan fingerprint density at radius 2 is 2.07 bits per heavy atom. The minimum absolute atomic E-state index is 0.0235. The van der Waals surface area contributed by atoms with Crippen LogP contribution in [0, 0.1) is 5.82 Å². The molecule has 1 unspecified atom stereocenters. The summed E-state index contributed by atoms with van der Waals surface area (Å²) < 4.78 is 21.2. The third-order valence-corrected chi connectivity index (χ3v) is 5.46. The van der Waals surface area contributed by atoms with E-state index in [9.17, 15) is 9.18 Å². The SMILES string of the molecule is O=C(Cc1ccc(F)cc1)N1CCC2(C1)Cn1c(nnc1-c1ccn[nH]1)CO2. The molecule has 28 heavy (non-hydrogen) atoms. The minimum atomic E-state index is -0.442. The first kappa shape index (κ1) is 17.1. The van der Waals surface area contributed by atoms with E-state index in [2.05, 4.69) is 20.4 Å². The van der Waals surface area contributed by atoms with Crippen LogP contribution in [0.1, 0.15) is 17.8 Å². The van der Waals surface area contributed by atoms with E-state index in [4.69, 9.17) is 4.74 Å². The average Bonchev–Trinajstić information content (AvgIpc) is 3.43. The van der Waals surface area contributed by atoms with Crippen LogP contribution in [0.25, 0.3) is 11.5 Å². The van der Waals surface area contributed by atoms with Crippen LogP contribution in [0.5, 0.6) is 0 Å². The highest BCUT2D eigenvalue weighted by atomic mass is 19.1.